The molecule has 0 atom stereocenters. The van der Waals surface area contributed by atoms with Crippen molar-refractivity contribution in [1.82, 2.24) is 0 Å². The molecular weight excluding hydrogens is 306 g/mol. The van der Waals surface area contributed by atoms with Crippen LogP contribution in [0.1, 0.15) is 11.1 Å². The summed E-state index contributed by atoms with van der Waals surface area (Å²) in [5, 5.41) is 3.44. The summed E-state index contributed by atoms with van der Waals surface area (Å²) in [6.45, 7) is 2.96. The molecule has 0 aromatic heterocycles. The molecule has 0 saturated heterocycles. The van der Waals surface area contributed by atoms with Crippen molar-refractivity contribution in [3.05, 3.63) is 58.1 Å². The molecule has 0 aliphatic carbocycles. The SMILES string of the molecule is CSc1ccc(CNc2ccc(Br)c(C)c2)cc1. The second-order valence-electron chi connectivity index (χ2n) is 4.17. The maximum absolute atomic E-state index is 3.51. The van der Waals surface area contributed by atoms with E-state index in [1.807, 2.05) is 0 Å². The van der Waals surface area contributed by atoms with Gasteiger partial charge in [-0.1, -0.05) is 28.1 Å². The number of anilines is 1. The minimum absolute atomic E-state index is 0.857. The standard InChI is InChI=1S/C15H16BrNS/c1-11-9-13(5-8-15(11)16)17-10-12-3-6-14(18-2)7-4-12/h3-9,17H,10H2,1-2H3. The predicted molar refractivity (Wildman–Crippen MR) is 84.4 cm³/mol. The highest BCUT2D eigenvalue weighted by Gasteiger charge is 1.98. The lowest BCUT2D eigenvalue weighted by Crippen LogP contribution is -1.99. The van der Waals surface area contributed by atoms with Crippen LogP contribution in [0.4, 0.5) is 5.69 Å². The van der Waals surface area contributed by atoms with E-state index in [9.17, 15) is 0 Å². The van der Waals surface area contributed by atoms with E-state index < -0.39 is 0 Å². The van der Waals surface area contributed by atoms with E-state index in [-0.39, 0.29) is 0 Å². The maximum Gasteiger partial charge on any atom is 0.0400 e. The van der Waals surface area contributed by atoms with Gasteiger partial charge in [-0.05, 0) is 54.6 Å². The Labute approximate surface area is 121 Å². The molecule has 94 valence electrons. The van der Waals surface area contributed by atoms with Crippen LogP contribution in [0.2, 0.25) is 0 Å². The van der Waals surface area contributed by atoms with Crippen LogP contribution in [0.15, 0.2) is 51.8 Å². The summed E-state index contributed by atoms with van der Waals surface area (Å²) in [5.41, 5.74) is 3.70. The highest BCUT2D eigenvalue weighted by atomic mass is 79.9. The molecule has 0 aliphatic rings. The van der Waals surface area contributed by atoms with E-state index in [4.69, 9.17) is 0 Å². The molecule has 3 heteroatoms. The Morgan fingerprint density at radius 3 is 2.44 bits per heavy atom. The Hall–Kier alpha value is -0.930. The Morgan fingerprint density at radius 2 is 1.83 bits per heavy atom. The molecule has 1 N–H and O–H groups in total. The van der Waals surface area contributed by atoms with Gasteiger partial charge in [-0.25, -0.2) is 0 Å². The average Bonchev–Trinajstić information content (AvgIpc) is 2.41. The van der Waals surface area contributed by atoms with Gasteiger partial charge >= 0.3 is 0 Å². The molecule has 1 nitrogen and oxygen atoms in total. The lowest BCUT2D eigenvalue weighted by atomic mass is 10.2. The fourth-order valence-electron chi connectivity index (χ4n) is 1.70. The number of hydrogen-bond donors (Lipinski definition) is 1. The van der Waals surface area contributed by atoms with Gasteiger partial charge in [0, 0.05) is 21.6 Å². The van der Waals surface area contributed by atoms with E-state index in [2.05, 4.69) is 76.9 Å². The Morgan fingerprint density at radius 1 is 1.11 bits per heavy atom. The first-order chi connectivity index (χ1) is 8.69. The van der Waals surface area contributed by atoms with Crippen molar-refractivity contribution in [3.8, 4) is 0 Å². The van der Waals surface area contributed by atoms with Crippen molar-refractivity contribution >= 4 is 33.4 Å². The highest BCUT2D eigenvalue weighted by molar-refractivity contribution is 9.10. The van der Waals surface area contributed by atoms with Crippen molar-refractivity contribution in [2.75, 3.05) is 11.6 Å². The van der Waals surface area contributed by atoms with Crippen LogP contribution in [0.25, 0.3) is 0 Å². The third-order valence-corrected chi connectivity index (χ3v) is 4.45. The number of halogens is 1. The minimum Gasteiger partial charge on any atom is -0.381 e. The first kappa shape index (κ1) is 13.5. The molecule has 0 saturated carbocycles. The Bertz CT molecular complexity index is 523. The molecule has 0 heterocycles. The third-order valence-electron chi connectivity index (χ3n) is 2.81. The van der Waals surface area contributed by atoms with Crippen molar-refractivity contribution in [3.63, 3.8) is 0 Å². The van der Waals surface area contributed by atoms with Crippen LogP contribution in [0, 0.1) is 6.92 Å². The normalized spacial score (nSPS) is 10.4. The van der Waals surface area contributed by atoms with Gasteiger partial charge in [-0.15, -0.1) is 11.8 Å². The Balaban J connectivity index is 1.99. The average molecular weight is 322 g/mol. The molecule has 0 bridgehead atoms. The van der Waals surface area contributed by atoms with E-state index in [0.717, 1.165) is 16.7 Å². The van der Waals surface area contributed by atoms with Crippen LogP contribution < -0.4 is 5.32 Å². The number of aryl methyl sites for hydroxylation is 1. The molecular formula is C15H16BrNS. The number of hydrogen-bond acceptors (Lipinski definition) is 2. The van der Waals surface area contributed by atoms with Gasteiger partial charge in [0.2, 0.25) is 0 Å². The molecule has 2 aromatic rings. The zero-order valence-electron chi connectivity index (χ0n) is 10.5. The van der Waals surface area contributed by atoms with Gasteiger partial charge < -0.3 is 5.32 Å². The monoisotopic (exact) mass is 321 g/mol. The smallest absolute Gasteiger partial charge is 0.0400 e. The highest BCUT2D eigenvalue weighted by Crippen LogP contribution is 2.21. The van der Waals surface area contributed by atoms with Gasteiger partial charge in [0.1, 0.15) is 0 Å². The predicted octanol–water partition coefficient (Wildman–Crippen LogP) is 5.09. The van der Waals surface area contributed by atoms with E-state index in [1.54, 1.807) is 11.8 Å². The molecule has 2 aromatic carbocycles. The summed E-state index contributed by atoms with van der Waals surface area (Å²) in [6, 6.07) is 15.0. The first-order valence-electron chi connectivity index (χ1n) is 5.82. The van der Waals surface area contributed by atoms with E-state index in [1.165, 1.54) is 16.0 Å². The topological polar surface area (TPSA) is 12.0 Å². The molecule has 0 radical (unpaired) electrons. The molecule has 0 aliphatic heterocycles. The Kier molecular flexibility index (Phi) is 4.72. The lowest BCUT2D eigenvalue weighted by Gasteiger charge is -2.08. The molecule has 0 amide bonds. The molecule has 0 spiro atoms. The lowest BCUT2D eigenvalue weighted by molar-refractivity contribution is 1.14. The van der Waals surface area contributed by atoms with E-state index in [0.29, 0.717) is 0 Å². The van der Waals surface area contributed by atoms with Crippen molar-refractivity contribution < 1.29 is 0 Å². The fraction of sp³-hybridized carbons (Fsp3) is 0.200. The molecule has 2 rings (SSSR count). The number of nitrogens with one attached hydrogen (secondary N) is 1. The molecule has 0 fully saturated rings. The first-order valence-corrected chi connectivity index (χ1v) is 7.84. The largest absolute Gasteiger partial charge is 0.381 e. The van der Waals surface area contributed by atoms with Crippen LogP contribution in [-0.4, -0.2) is 6.26 Å². The van der Waals surface area contributed by atoms with Gasteiger partial charge in [-0.2, -0.15) is 0 Å². The van der Waals surface area contributed by atoms with Crippen molar-refractivity contribution in [2.45, 2.75) is 18.4 Å². The van der Waals surface area contributed by atoms with Gasteiger partial charge in [0.25, 0.3) is 0 Å². The summed E-state index contributed by atoms with van der Waals surface area (Å²) in [6.07, 6.45) is 2.10. The summed E-state index contributed by atoms with van der Waals surface area (Å²) >= 11 is 5.28. The van der Waals surface area contributed by atoms with Gasteiger partial charge in [0.15, 0.2) is 0 Å². The van der Waals surface area contributed by atoms with Crippen LogP contribution >= 0.6 is 27.7 Å². The van der Waals surface area contributed by atoms with Gasteiger partial charge in [-0.3, -0.25) is 0 Å². The molecule has 0 unspecified atom stereocenters. The van der Waals surface area contributed by atoms with Crippen LogP contribution in [-0.2, 0) is 6.54 Å². The minimum atomic E-state index is 0.857. The summed E-state index contributed by atoms with van der Waals surface area (Å²) in [7, 11) is 0. The maximum atomic E-state index is 3.51. The zero-order chi connectivity index (χ0) is 13.0. The van der Waals surface area contributed by atoms with Crippen LogP contribution in [0.5, 0.6) is 0 Å². The summed E-state index contributed by atoms with van der Waals surface area (Å²) < 4.78 is 1.15. The number of thioether (sulfide) groups is 1. The third kappa shape index (κ3) is 3.53. The second-order valence-corrected chi connectivity index (χ2v) is 5.90. The zero-order valence-corrected chi connectivity index (χ0v) is 12.9. The van der Waals surface area contributed by atoms with Gasteiger partial charge in [0.05, 0.1) is 0 Å². The van der Waals surface area contributed by atoms with Crippen molar-refractivity contribution in [1.29, 1.82) is 0 Å². The fourth-order valence-corrected chi connectivity index (χ4v) is 2.36. The second kappa shape index (κ2) is 6.30. The summed E-state index contributed by atoms with van der Waals surface area (Å²) in [4.78, 5) is 1.30. The van der Waals surface area contributed by atoms with E-state index >= 15 is 0 Å². The molecule has 18 heavy (non-hydrogen) atoms. The quantitative estimate of drug-likeness (QED) is 0.787. The number of benzene rings is 2. The summed E-state index contributed by atoms with van der Waals surface area (Å²) in [5.74, 6) is 0. The number of rotatable bonds is 4. The van der Waals surface area contributed by atoms with Crippen molar-refractivity contribution in [2.24, 2.45) is 0 Å². The van der Waals surface area contributed by atoms with Crippen LogP contribution in [0.3, 0.4) is 0 Å².